The number of piperidine rings is 1. The summed E-state index contributed by atoms with van der Waals surface area (Å²) < 4.78 is 29.0. The van der Waals surface area contributed by atoms with Crippen LogP contribution in [0.3, 0.4) is 0 Å². The normalized spacial score (nSPS) is 15.7. The highest BCUT2D eigenvalue weighted by molar-refractivity contribution is 7.91. The van der Waals surface area contributed by atoms with Gasteiger partial charge in [0.2, 0.25) is 5.82 Å². The zero-order valence-corrected chi connectivity index (χ0v) is 16.1. The summed E-state index contributed by atoms with van der Waals surface area (Å²) in [6.45, 7) is 1.19. The quantitative estimate of drug-likeness (QED) is 0.711. The zero-order valence-electron chi connectivity index (χ0n) is 15.3. The summed E-state index contributed by atoms with van der Waals surface area (Å²) >= 11 is 0. The summed E-state index contributed by atoms with van der Waals surface area (Å²) in [7, 11) is -3.03. The smallest absolute Gasteiger partial charge is 0.261 e. The average molecular weight is 400 g/mol. The van der Waals surface area contributed by atoms with Gasteiger partial charge in [-0.15, -0.1) is 0 Å². The summed E-state index contributed by atoms with van der Waals surface area (Å²) in [5, 5.41) is 13.3. The molecule has 1 aliphatic rings. The Morgan fingerprint density at radius 3 is 2.68 bits per heavy atom. The molecule has 3 heterocycles. The van der Waals surface area contributed by atoms with E-state index in [4.69, 9.17) is 4.52 Å². The molecule has 1 N–H and O–H groups in total. The fourth-order valence-corrected chi connectivity index (χ4v) is 4.47. The number of phenolic OH excluding ortho intramolecular Hbond substituents is 1. The standard InChI is InChI=1S/C19H20N4O4S/c1-28(25,26)15-7-10-23(11-8-15)18-16(6-3-9-20-18)19-21-17(22-27-19)13-4-2-5-14(24)12-13/h2-6,9,12,15,24H,7-8,10-11H2,1H3. The first-order valence-corrected chi connectivity index (χ1v) is 10.9. The van der Waals surface area contributed by atoms with E-state index in [2.05, 4.69) is 20.0 Å². The Bertz CT molecular complexity index is 1090. The molecule has 0 bridgehead atoms. The Labute approximate surface area is 162 Å². The molecule has 2 aromatic heterocycles. The molecular weight excluding hydrogens is 380 g/mol. The Kier molecular flexibility index (Phi) is 4.76. The molecule has 3 aromatic rings. The van der Waals surface area contributed by atoms with Crippen LogP contribution in [0.4, 0.5) is 5.82 Å². The van der Waals surface area contributed by atoms with Gasteiger partial charge >= 0.3 is 0 Å². The topological polar surface area (TPSA) is 109 Å². The van der Waals surface area contributed by atoms with E-state index in [1.165, 1.54) is 6.26 Å². The van der Waals surface area contributed by atoms with Crippen LogP contribution in [0.15, 0.2) is 47.1 Å². The first-order valence-electron chi connectivity index (χ1n) is 8.94. The zero-order chi connectivity index (χ0) is 19.7. The highest BCUT2D eigenvalue weighted by Crippen LogP contribution is 2.32. The van der Waals surface area contributed by atoms with Gasteiger partial charge in [0.15, 0.2) is 0 Å². The molecule has 0 atom stereocenters. The van der Waals surface area contributed by atoms with E-state index in [1.54, 1.807) is 36.5 Å². The third-order valence-corrected chi connectivity index (χ3v) is 6.58. The SMILES string of the molecule is CS(=O)(=O)C1CCN(c2ncccc2-c2nc(-c3cccc(O)c3)no2)CC1. The summed E-state index contributed by atoms with van der Waals surface area (Å²) in [4.78, 5) is 11.0. The molecule has 0 radical (unpaired) electrons. The largest absolute Gasteiger partial charge is 0.508 e. The van der Waals surface area contributed by atoms with Gasteiger partial charge in [-0.3, -0.25) is 0 Å². The van der Waals surface area contributed by atoms with Gasteiger partial charge in [0.25, 0.3) is 5.89 Å². The predicted molar refractivity (Wildman–Crippen MR) is 105 cm³/mol. The van der Waals surface area contributed by atoms with Gasteiger partial charge < -0.3 is 14.5 Å². The highest BCUT2D eigenvalue weighted by atomic mass is 32.2. The van der Waals surface area contributed by atoms with Gasteiger partial charge in [-0.25, -0.2) is 13.4 Å². The molecule has 9 heteroatoms. The van der Waals surface area contributed by atoms with Crippen molar-refractivity contribution in [3.63, 3.8) is 0 Å². The maximum Gasteiger partial charge on any atom is 0.261 e. The van der Waals surface area contributed by atoms with Crippen molar-refractivity contribution >= 4 is 15.7 Å². The molecule has 4 rings (SSSR count). The summed E-state index contributed by atoms with van der Waals surface area (Å²) in [5.74, 6) is 1.52. The van der Waals surface area contributed by atoms with Crippen LogP contribution in [0.1, 0.15) is 12.8 Å². The molecule has 0 saturated carbocycles. The summed E-state index contributed by atoms with van der Waals surface area (Å²) in [6, 6.07) is 10.3. The fraction of sp³-hybridized carbons (Fsp3) is 0.316. The van der Waals surface area contributed by atoms with Crippen LogP contribution in [-0.2, 0) is 9.84 Å². The molecule has 28 heavy (non-hydrogen) atoms. The van der Waals surface area contributed by atoms with Crippen LogP contribution < -0.4 is 4.90 Å². The van der Waals surface area contributed by atoms with E-state index in [0.717, 1.165) is 0 Å². The highest BCUT2D eigenvalue weighted by Gasteiger charge is 2.29. The molecule has 0 aliphatic carbocycles. The Balaban J connectivity index is 1.61. The van der Waals surface area contributed by atoms with Gasteiger partial charge in [-0.05, 0) is 37.1 Å². The van der Waals surface area contributed by atoms with Crippen molar-refractivity contribution in [1.82, 2.24) is 15.1 Å². The van der Waals surface area contributed by atoms with Crippen molar-refractivity contribution in [2.24, 2.45) is 0 Å². The second-order valence-electron chi connectivity index (χ2n) is 6.86. The summed E-state index contributed by atoms with van der Waals surface area (Å²) in [5.41, 5.74) is 1.34. The van der Waals surface area contributed by atoms with Crippen molar-refractivity contribution in [3.8, 4) is 28.6 Å². The first-order chi connectivity index (χ1) is 13.4. The molecule has 1 aromatic carbocycles. The third-order valence-electron chi connectivity index (χ3n) is 4.89. The van der Waals surface area contributed by atoms with Gasteiger partial charge in [0.1, 0.15) is 21.4 Å². The van der Waals surface area contributed by atoms with E-state index < -0.39 is 9.84 Å². The Morgan fingerprint density at radius 1 is 1.18 bits per heavy atom. The maximum atomic E-state index is 11.8. The predicted octanol–water partition coefficient (Wildman–Crippen LogP) is 2.52. The van der Waals surface area contributed by atoms with Crippen LogP contribution in [-0.4, -0.2) is 53.2 Å². The van der Waals surface area contributed by atoms with Gasteiger partial charge in [0, 0.05) is 31.1 Å². The van der Waals surface area contributed by atoms with E-state index >= 15 is 0 Å². The van der Waals surface area contributed by atoms with Crippen LogP contribution in [0.2, 0.25) is 0 Å². The lowest BCUT2D eigenvalue weighted by atomic mass is 10.1. The van der Waals surface area contributed by atoms with Crippen molar-refractivity contribution < 1.29 is 18.0 Å². The molecular formula is C19H20N4O4S. The number of benzene rings is 1. The maximum absolute atomic E-state index is 11.8. The fourth-order valence-electron chi connectivity index (χ4n) is 3.41. The number of aromatic nitrogens is 3. The molecule has 146 valence electrons. The number of rotatable bonds is 4. The lowest BCUT2D eigenvalue weighted by molar-refractivity contribution is 0.432. The van der Waals surface area contributed by atoms with Crippen molar-refractivity contribution in [1.29, 1.82) is 0 Å². The van der Waals surface area contributed by atoms with Crippen molar-refractivity contribution in [3.05, 3.63) is 42.6 Å². The van der Waals surface area contributed by atoms with Crippen LogP contribution in [0.5, 0.6) is 5.75 Å². The van der Waals surface area contributed by atoms with Gasteiger partial charge in [0.05, 0.1) is 10.8 Å². The van der Waals surface area contributed by atoms with Gasteiger partial charge in [-0.2, -0.15) is 4.98 Å². The van der Waals surface area contributed by atoms with E-state index in [1.807, 2.05) is 6.07 Å². The average Bonchev–Trinajstić information content (AvgIpc) is 3.18. The third kappa shape index (κ3) is 3.70. The lowest BCUT2D eigenvalue weighted by Crippen LogP contribution is -2.39. The monoisotopic (exact) mass is 400 g/mol. The summed E-state index contributed by atoms with van der Waals surface area (Å²) in [6.07, 6.45) is 4.11. The lowest BCUT2D eigenvalue weighted by Gasteiger charge is -2.32. The number of nitrogens with zero attached hydrogens (tertiary/aromatic N) is 4. The van der Waals surface area contributed by atoms with E-state index in [9.17, 15) is 13.5 Å². The molecule has 0 unspecified atom stereocenters. The number of pyridine rings is 1. The molecule has 1 saturated heterocycles. The molecule has 0 amide bonds. The number of hydrogen-bond acceptors (Lipinski definition) is 8. The number of aromatic hydroxyl groups is 1. The van der Waals surface area contributed by atoms with E-state index in [0.29, 0.717) is 54.6 Å². The molecule has 8 nitrogen and oxygen atoms in total. The molecule has 0 spiro atoms. The second-order valence-corrected chi connectivity index (χ2v) is 9.19. The second kappa shape index (κ2) is 7.23. The first kappa shape index (κ1) is 18.4. The Hall–Kier alpha value is -2.94. The van der Waals surface area contributed by atoms with Crippen LogP contribution in [0, 0.1) is 0 Å². The van der Waals surface area contributed by atoms with Crippen LogP contribution >= 0.6 is 0 Å². The van der Waals surface area contributed by atoms with Crippen molar-refractivity contribution in [2.75, 3.05) is 24.2 Å². The minimum atomic E-state index is -3.03. The number of anilines is 1. The molecule has 1 aliphatic heterocycles. The van der Waals surface area contributed by atoms with Gasteiger partial charge in [-0.1, -0.05) is 17.3 Å². The van der Waals surface area contributed by atoms with E-state index in [-0.39, 0.29) is 11.0 Å². The number of sulfone groups is 1. The minimum Gasteiger partial charge on any atom is -0.508 e. The number of hydrogen-bond donors (Lipinski definition) is 1. The minimum absolute atomic E-state index is 0.125. The Morgan fingerprint density at radius 2 is 1.96 bits per heavy atom. The number of phenols is 1. The van der Waals surface area contributed by atoms with Crippen molar-refractivity contribution in [2.45, 2.75) is 18.1 Å². The van der Waals surface area contributed by atoms with Crippen LogP contribution in [0.25, 0.3) is 22.8 Å². The molecule has 1 fully saturated rings.